The molecule has 0 amide bonds. The van der Waals surface area contributed by atoms with Gasteiger partial charge in [-0.05, 0) is 25.1 Å². The molecule has 0 saturated carbocycles. The number of hydrogen-bond donors (Lipinski definition) is 1. The number of nitrogens with zero attached hydrogens (tertiary/aromatic N) is 2. The van der Waals surface area contributed by atoms with Crippen molar-refractivity contribution in [3.8, 4) is 5.88 Å². The molecule has 2 rings (SSSR count). The lowest BCUT2D eigenvalue weighted by Gasteiger charge is -2.02. The summed E-state index contributed by atoms with van der Waals surface area (Å²) in [7, 11) is 0. The monoisotopic (exact) mass is 189 g/mol. The molecule has 0 aliphatic heterocycles. The van der Waals surface area contributed by atoms with E-state index in [1.165, 1.54) is 0 Å². The number of benzene rings is 1. The zero-order valence-electron chi connectivity index (χ0n) is 7.90. The molecule has 1 aromatic heterocycles. The molecule has 0 aliphatic carbocycles. The maximum atomic E-state index is 5.62. The third-order valence-corrected chi connectivity index (χ3v) is 1.84. The Morgan fingerprint density at radius 2 is 2.21 bits per heavy atom. The van der Waals surface area contributed by atoms with Crippen molar-refractivity contribution >= 4 is 16.7 Å². The topological polar surface area (TPSA) is 61.0 Å². The van der Waals surface area contributed by atoms with Crippen LogP contribution in [-0.4, -0.2) is 16.6 Å². The van der Waals surface area contributed by atoms with Crippen molar-refractivity contribution in [2.75, 3.05) is 12.3 Å². The first-order chi connectivity index (χ1) is 6.79. The first-order valence-electron chi connectivity index (χ1n) is 4.44. The maximum absolute atomic E-state index is 5.62. The number of ether oxygens (including phenoxy) is 1. The predicted octanol–water partition coefficient (Wildman–Crippen LogP) is 1.61. The Morgan fingerprint density at radius 1 is 1.36 bits per heavy atom. The van der Waals surface area contributed by atoms with Crippen LogP contribution in [-0.2, 0) is 0 Å². The van der Waals surface area contributed by atoms with Crippen LogP contribution in [0.2, 0.25) is 0 Å². The molecule has 14 heavy (non-hydrogen) atoms. The van der Waals surface area contributed by atoms with Crippen molar-refractivity contribution in [1.82, 2.24) is 9.97 Å². The Kier molecular flexibility index (Phi) is 2.18. The fourth-order valence-electron chi connectivity index (χ4n) is 1.23. The summed E-state index contributed by atoms with van der Waals surface area (Å²) in [6.07, 6.45) is 1.60. The summed E-state index contributed by atoms with van der Waals surface area (Å²) in [4.78, 5) is 8.46. The van der Waals surface area contributed by atoms with Gasteiger partial charge in [-0.25, -0.2) is 9.97 Å². The van der Waals surface area contributed by atoms with Crippen molar-refractivity contribution in [1.29, 1.82) is 0 Å². The molecular weight excluding hydrogens is 178 g/mol. The molecule has 0 atom stereocenters. The Hall–Kier alpha value is -1.84. The van der Waals surface area contributed by atoms with Gasteiger partial charge in [-0.1, -0.05) is 0 Å². The van der Waals surface area contributed by atoms with E-state index >= 15 is 0 Å². The Morgan fingerprint density at radius 3 is 3.00 bits per heavy atom. The second-order valence-corrected chi connectivity index (χ2v) is 2.89. The van der Waals surface area contributed by atoms with Crippen LogP contribution in [0.4, 0.5) is 5.69 Å². The summed E-state index contributed by atoms with van der Waals surface area (Å²) < 4.78 is 5.24. The number of aromatic nitrogens is 2. The first-order valence-corrected chi connectivity index (χ1v) is 4.44. The lowest BCUT2D eigenvalue weighted by molar-refractivity contribution is 0.327. The van der Waals surface area contributed by atoms with Crippen LogP contribution in [0, 0.1) is 0 Å². The van der Waals surface area contributed by atoms with Gasteiger partial charge in [0.25, 0.3) is 0 Å². The maximum Gasteiger partial charge on any atom is 0.232 e. The van der Waals surface area contributed by atoms with Gasteiger partial charge in [0.2, 0.25) is 5.88 Å². The van der Waals surface area contributed by atoms with Gasteiger partial charge >= 0.3 is 0 Å². The van der Waals surface area contributed by atoms with E-state index in [1.54, 1.807) is 18.3 Å². The molecule has 4 nitrogen and oxygen atoms in total. The van der Waals surface area contributed by atoms with Gasteiger partial charge in [-0.15, -0.1) is 0 Å². The Balaban J connectivity index is 2.50. The van der Waals surface area contributed by atoms with Gasteiger partial charge in [0.05, 0.1) is 23.8 Å². The SMILES string of the molecule is CCOc1cnc2cc(N)ccc2n1. The molecule has 1 aromatic carbocycles. The molecule has 72 valence electrons. The molecule has 2 aromatic rings. The third-order valence-electron chi connectivity index (χ3n) is 1.84. The highest BCUT2D eigenvalue weighted by molar-refractivity contribution is 5.78. The van der Waals surface area contributed by atoms with Crippen molar-refractivity contribution in [2.45, 2.75) is 6.92 Å². The van der Waals surface area contributed by atoms with E-state index in [-0.39, 0.29) is 0 Å². The summed E-state index contributed by atoms with van der Waals surface area (Å²) in [5.41, 5.74) is 7.89. The van der Waals surface area contributed by atoms with E-state index in [2.05, 4.69) is 9.97 Å². The second-order valence-electron chi connectivity index (χ2n) is 2.89. The quantitative estimate of drug-likeness (QED) is 0.729. The molecule has 0 fully saturated rings. The first kappa shape index (κ1) is 8.74. The average Bonchev–Trinajstić information content (AvgIpc) is 2.19. The summed E-state index contributed by atoms with van der Waals surface area (Å²) in [5.74, 6) is 0.546. The summed E-state index contributed by atoms with van der Waals surface area (Å²) in [6.45, 7) is 2.50. The molecular formula is C10H11N3O. The lowest BCUT2D eigenvalue weighted by atomic mass is 10.3. The highest BCUT2D eigenvalue weighted by Crippen LogP contribution is 2.15. The van der Waals surface area contributed by atoms with Crippen molar-refractivity contribution < 1.29 is 4.74 Å². The van der Waals surface area contributed by atoms with Gasteiger partial charge < -0.3 is 10.5 Å². The van der Waals surface area contributed by atoms with E-state index in [0.717, 1.165) is 11.0 Å². The molecule has 0 aliphatic rings. The fraction of sp³-hybridized carbons (Fsp3) is 0.200. The standard InChI is InChI=1S/C10H11N3O/c1-2-14-10-6-12-9-5-7(11)3-4-8(9)13-10/h3-6H,2,11H2,1H3. The zero-order chi connectivity index (χ0) is 9.97. The van der Waals surface area contributed by atoms with E-state index in [9.17, 15) is 0 Å². The number of hydrogen-bond acceptors (Lipinski definition) is 4. The van der Waals surface area contributed by atoms with Crippen LogP contribution in [0.1, 0.15) is 6.92 Å². The Labute approximate surface area is 81.7 Å². The number of rotatable bonds is 2. The van der Waals surface area contributed by atoms with E-state index in [1.807, 2.05) is 13.0 Å². The van der Waals surface area contributed by atoms with Gasteiger partial charge in [-0.3, -0.25) is 0 Å². The van der Waals surface area contributed by atoms with Crippen LogP contribution in [0.3, 0.4) is 0 Å². The van der Waals surface area contributed by atoms with Crippen LogP contribution in [0.15, 0.2) is 24.4 Å². The van der Waals surface area contributed by atoms with E-state index in [0.29, 0.717) is 18.2 Å². The number of anilines is 1. The fourth-order valence-corrected chi connectivity index (χ4v) is 1.23. The van der Waals surface area contributed by atoms with Crippen LogP contribution < -0.4 is 10.5 Å². The average molecular weight is 189 g/mol. The summed E-state index contributed by atoms with van der Waals surface area (Å²) in [6, 6.07) is 5.42. The van der Waals surface area contributed by atoms with Crippen LogP contribution in [0.5, 0.6) is 5.88 Å². The molecule has 0 saturated heterocycles. The summed E-state index contributed by atoms with van der Waals surface area (Å²) >= 11 is 0. The Bertz CT molecular complexity index is 456. The molecule has 0 radical (unpaired) electrons. The van der Waals surface area contributed by atoms with E-state index < -0.39 is 0 Å². The molecule has 2 N–H and O–H groups in total. The molecule has 0 bridgehead atoms. The largest absolute Gasteiger partial charge is 0.477 e. The van der Waals surface area contributed by atoms with Crippen molar-refractivity contribution in [3.63, 3.8) is 0 Å². The zero-order valence-corrected chi connectivity index (χ0v) is 7.90. The highest BCUT2D eigenvalue weighted by Gasteiger charge is 1.99. The predicted molar refractivity (Wildman–Crippen MR) is 55.1 cm³/mol. The van der Waals surface area contributed by atoms with Gasteiger partial charge in [0.1, 0.15) is 0 Å². The minimum atomic E-state index is 0.546. The van der Waals surface area contributed by atoms with Crippen LogP contribution in [0.25, 0.3) is 11.0 Å². The smallest absolute Gasteiger partial charge is 0.232 e. The van der Waals surface area contributed by atoms with Crippen molar-refractivity contribution in [2.24, 2.45) is 0 Å². The highest BCUT2D eigenvalue weighted by atomic mass is 16.5. The molecule has 4 heteroatoms. The minimum Gasteiger partial charge on any atom is -0.477 e. The molecule has 0 unspecified atom stereocenters. The number of nitrogen functional groups attached to an aromatic ring is 1. The number of fused-ring (bicyclic) bond motifs is 1. The third kappa shape index (κ3) is 1.59. The van der Waals surface area contributed by atoms with Gasteiger partial charge in [-0.2, -0.15) is 0 Å². The van der Waals surface area contributed by atoms with E-state index in [4.69, 9.17) is 10.5 Å². The molecule has 1 heterocycles. The van der Waals surface area contributed by atoms with Crippen molar-refractivity contribution in [3.05, 3.63) is 24.4 Å². The molecule has 0 spiro atoms. The van der Waals surface area contributed by atoms with Gasteiger partial charge in [0.15, 0.2) is 0 Å². The second kappa shape index (κ2) is 3.49. The van der Waals surface area contributed by atoms with Crippen LogP contribution >= 0.6 is 0 Å². The normalized spacial score (nSPS) is 10.4. The lowest BCUT2D eigenvalue weighted by Crippen LogP contribution is -1.96. The van der Waals surface area contributed by atoms with Gasteiger partial charge in [0, 0.05) is 5.69 Å². The minimum absolute atomic E-state index is 0.546. The number of nitrogens with two attached hydrogens (primary N) is 1. The summed E-state index contributed by atoms with van der Waals surface area (Å²) in [5, 5.41) is 0.